The summed E-state index contributed by atoms with van der Waals surface area (Å²) in [5.41, 5.74) is 5.52. The molecule has 0 saturated carbocycles. The van der Waals surface area contributed by atoms with Crippen molar-refractivity contribution >= 4 is 29.1 Å². The zero-order chi connectivity index (χ0) is 18.7. The smallest absolute Gasteiger partial charge is 0.280 e. The normalized spacial score (nSPS) is 15.8. The number of amides is 1. The van der Waals surface area contributed by atoms with Crippen molar-refractivity contribution in [3.8, 4) is 0 Å². The molecule has 0 fully saturated rings. The van der Waals surface area contributed by atoms with E-state index in [9.17, 15) is 4.79 Å². The van der Waals surface area contributed by atoms with Crippen molar-refractivity contribution in [3.63, 3.8) is 0 Å². The molecule has 1 heterocycles. The highest BCUT2D eigenvalue weighted by Crippen LogP contribution is 2.24. The lowest BCUT2D eigenvalue weighted by Crippen LogP contribution is -2.21. The summed E-state index contributed by atoms with van der Waals surface area (Å²) in [5, 5.41) is 5.86. The Morgan fingerprint density at radius 1 is 0.962 bits per heavy atom. The number of carbonyl (C=O) groups is 1. The van der Waals surface area contributed by atoms with Crippen LogP contribution < -0.4 is 9.91 Å². The molecule has 0 bridgehead atoms. The third-order valence-corrected chi connectivity index (χ3v) is 4.30. The SMILES string of the molecule is CC1=NN(c2ccc(C)cc2)C(=O)C1=C/C=C/c1ccc(N(C)C)cc1. The molecule has 4 nitrogen and oxygen atoms in total. The molecule has 2 aromatic rings. The molecule has 1 aliphatic heterocycles. The standard InChI is InChI=1S/C22H23N3O/c1-16-8-12-20(13-9-16)25-22(26)21(17(2)23-25)7-5-6-18-10-14-19(15-11-18)24(3)4/h5-15H,1-4H3/b6-5+,21-7?. The van der Waals surface area contributed by atoms with Crippen LogP contribution >= 0.6 is 0 Å². The summed E-state index contributed by atoms with van der Waals surface area (Å²) in [4.78, 5) is 14.7. The molecule has 132 valence electrons. The Morgan fingerprint density at radius 2 is 1.62 bits per heavy atom. The van der Waals surface area contributed by atoms with Crippen LogP contribution in [0.1, 0.15) is 18.1 Å². The van der Waals surface area contributed by atoms with Gasteiger partial charge in [0.05, 0.1) is 17.0 Å². The predicted octanol–water partition coefficient (Wildman–Crippen LogP) is 4.42. The molecule has 0 aromatic heterocycles. The van der Waals surface area contributed by atoms with Gasteiger partial charge in [0.25, 0.3) is 5.91 Å². The van der Waals surface area contributed by atoms with Gasteiger partial charge in [-0.15, -0.1) is 0 Å². The predicted molar refractivity (Wildman–Crippen MR) is 110 cm³/mol. The van der Waals surface area contributed by atoms with Crippen LogP contribution in [0.25, 0.3) is 6.08 Å². The molecule has 0 spiro atoms. The number of anilines is 2. The summed E-state index contributed by atoms with van der Waals surface area (Å²) < 4.78 is 0. The average Bonchev–Trinajstić information content (AvgIpc) is 2.91. The summed E-state index contributed by atoms with van der Waals surface area (Å²) in [6.07, 6.45) is 5.71. The van der Waals surface area contributed by atoms with Crippen molar-refractivity contribution in [2.45, 2.75) is 13.8 Å². The number of hydrogen-bond donors (Lipinski definition) is 0. The van der Waals surface area contributed by atoms with Gasteiger partial charge in [0.2, 0.25) is 0 Å². The second-order valence-electron chi connectivity index (χ2n) is 6.56. The Hall–Kier alpha value is -3.14. The van der Waals surface area contributed by atoms with E-state index >= 15 is 0 Å². The number of aryl methyl sites for hydroxylation is 1. The number of allylic oxidation sites excluding steroid dienone is 2. The quantitative estimate of drug-likeness (QED) is 0.769. The molecule has 0 aliphatic carbocycles. The van der Waals surface area contributed by atoms with Gasteiger partial charge in [0.1, 0.15) is 0 Å². The van der Waals surface area contributed by atoms with E-state index in [1.807, 2.05) is 70.4 Å². The van der Waals surface area contributed by atoms with Gasteiger partial charge in [-0.25, -0.2) is 0 Å². The zero-order valence-electron chi connectivity index (χ0n) is 15.6. The fourth-order valence-corrected chi connectivity index (χ4v) is 2.71. The maximum absolute atomic E-state index is 12.7. The molecule has 0 radical (unpaired) electrons. The monoisotopic (exact) mass is 345 g/mol. The Balaban J connectivity index is 1.75. The molecule has 0 saturated heterocycles. The van der Waals surface area contributed by atoms with Gasteiger partial charge in [-0.1, -0.05) is 42.0 Å². The van der Waals surface area contributed by atoms with Gasteiger partial charge in [-0.05, 0) is 49.8 Å². The third-order valence-electron chi connectivity index (χ3n) is 4.30. The topological polar surface area (TPSA) is 35.9 Å². The molecule has 4 heteroatoms. The van der Waals surface area contributed by atoms with Gasteiger partial charge < -0.3 is 4.90 Å². The van der Waals surface area contributed by atoms with Gasteiger partial charge in [0.15, 0.2) is 0 Å². The number of hydrogen-bond acceptors (Lipinski definition) is 3. The van der Waals surface area contributed by atoms with E-state index in [1.165, 1.54) is 5.01 Å². The van der Waals surface area contributed by atoms with E-state index < -0.39 is 0 Å². The van der Waals surface area contributed by atoms with Crippen LogP contribution in [0.2, 0.25) is 0 Å². The fourth-order valence-electron chi connectivity index (χ4n) is 2.71. The number of rotatable bonds is 4. The van der Waals surface area contributed by atoms with Gasteiger partial charge in [-0.3, -0.25) is 4.79 Å². The number of carbonyl (C=O) groups excluding carboxylic acids is 1. The molecule has 0 unspecified atom stereocenters. The minimum Gasteiger partial charge on any atom is -0.378 e. The molecule has 1 amide bonds. The van der Waals surface area contributed by atoms with Crippen molar-refractivity contribution in [3.05, 3.63) is 77.4 Å². The van der Waals surface area contributed by atoms with E-state index in [1.54, 1.807) is 0 Å². The van der Waals surface area contributed by atoms with Crippen LogP contribution in [0.15, 0.2) is 71.4 Å². The van der Waals surface area contributed by atoms with Crippen LogP contribution in [0.3, 0.4) is 0 Å². The molecule has 0 atom stereocenters. The van der Waals surface area contributed by atoms with Crippen LogP contribution in [0, 0.1) is 6.92 Å². The van der Waals surface area contributed by atoms with Crippen LogP contribution in [0.4, 0.5) is 11.4 Å². The number of nitrogens with zero attached hydrogens (tertiary/aromatic N) is 3. The summed E-state index contributed by atoms with van der Waals surface area (Å²) in [7, 11) is 4.03. The van der Waals surface area contributed by atoms with Crippen LogP contribution in [-0.2, 0) is 4.79 Å². The van der Waals surface area contributed by atoms with Crippen molar-refractivity contribution in [1.29, 1.82) is 0 Å². The lowest BCUT2D eigenvalue weighted by molar-refractivity contribution is -0.114. The highest BCUT2D eigenvalue weighted by Gasteiger charge is 2.27. The van der Waals surface area contributed by atoms with E-state index in [-0.39, 0.29) is 5.91 Å². The van der Waals surface area contributed by atoms with Gasteiger partial charge >= 0.3 is 0 Å². The summed E-state index contributed by atoms with van der Waals surface area (Å²) in [5.74, 6) is -0.0982. The maximum atomic E-state index is 12.7. The Bertz CT molecular complexity index is 888. The molecule has 1 aliphatic rings. The highest BCUT2D eigenvalue weighted by molar-refractivity contribution is 6.29. The number of benzene rings is 2. The first-order valence-electron chi connectivity index (χ1n) is 8.58. The largest absolute Gasteiger partial charge is 0.378 e. The Labute approximate surface area is 154 Å². The molecule has 3 rings (SSSR count). The first-order chi connectivity index (χ1) is 12.5. The molecular weight excluding hydrogens is 322 g/mol. The molecule has 2 aromatic carbocycles. The van der Waals surface area contributed by atoms with Crippen molar-refractivity contribution < 1.29 is 4.79 Å². The second kappa shape index (κ2) is 7.40. The molecule has 26 heavy (non-hydrogen) atoms. The highest BCUT2D eigenvalue weighted by atomic mass is 16.2. The minimum absolute atomic E-state index is 0.0982. The Morgan fingerprint density at radius 3 is 2.23 bits per heavy atom. The maximum Gasteiger partial charge on any atom is 0.280 e. The zero-order valence-corrected chi connectivity index (χ0v) is 15.6. The average molecular weight is 345 g/mol. The van der Waals surface area contributed by atoms with E-state index in [2.05, 4.69) is 34.3 Å². The van der Waals surface area contributed by atoms with E-state index in [4.69, 9.17) is 0 Å². The lowest BCUT2D eigenvalue weighted by Gasteiger charge is -2.11. The third kappa shape index (κ3) is 3.75. The Kier molecular flexibility index (Phi) is 5.03. The fraction of sp³-hybridized carbons (Fsp3) is 0.182. The second-order valence-corrected chi connectivity index (χ2v) is 6.56. The number of hydrazone groups is 1. The van der Waals surface area contributed by atoms with Crippen molar-refractivity contribution in [2.24, 2.45) is 5.10 Å². The van der Waals surface area contributed by atoms with Crippen molar-refractivity contribution in [2.75, 3.05) is 24.0 Å². The minimum atomic E-state index is -0.0982. The molecular formula is C22H23N3O. The van der Waals surface area contributed by atoms with Crippen molar-refractivity contribution in [1.82, 2.24) is 0 Å². The summed E-state index contributed by atoms with van der Waals surface area (Å²) in [6.45, 7) is 3.88. The van der Waals surface area contributed by atoms with Gasteiger partial charge in [-0.2, -0.15) is 10.1 Å². The van der Waals surface area contributed by atoms with Crippen LogP contribution in [-0.4, -0.2) is 25.7 Å². The summed E-state index contributed by atoms with van der Waals surface area (Å²) >= 11 is 0. The van der Waals surface area contributed by atoms with Crippen LogP contribution in [0.5, 0.6) is 0 Å². The first-order valence-corrected chi connectivity index (χ1v) is 8.58. The van der Waals surface area contributed by atoms with E-state index in [0.717, 1.165) is 28.2 Å². The van der Waals surface area contributed by atoms with Gasteiger partial charge in [0, 0.05) is 19.8 Å². The first kappa shape index (κ1) is 17.7. The summed E-state index contributed by atoms with van der Waals surface area (Å²) in [6, 6.07) is 16.0. The van der Waals surface area contributed by atoms with E-state index in [0.29, 0.717) is 5.57 Å². The molecule has 0 N–H and O–H groups in total. The lowest BCUT2D eigenvalue weighted by atomic mass is 10.1.